The first-order valence-corrected chi connectivity index (χ1v) is 18.6. The van der Waals surface area contributed by atoms with E-state index >= 15 is 0 Å². The average molecular weight is 871 g/mol. The van der Waals surface area contributed by atoms with E-state index in [0.29, 0.717) is 53.7 Å². The summed E-state index contributed by atoms with van der Waals surface area (Å²) in [5.74, 6) is 2.38. The van der Waals surface area contributed by atoms with Gasteiger partial charge in [0.1, 0.15) is 18.1 Å². The van der Waals surface area contributed by atoms with Crippen molar-refractivity contribution in [1.29, 1.82) is 0 Å². The monoisotopic (exact) mass is 869 g/mol. The van der Waals surface area contributed by atoms with E-state index in [1.807, 2.05) is 66.4 Å². The van der Waals surface area contributed by atoms with E-state index in [9.17, 15) is 4.79 Å². The van der Waals surface area contributed by atoms with Gasteiger partial charge in [-0.3, -0.25) is 9.69 Å². The highest BCUT2D eigenvalue weighted by Crippen LogP contribution is 2.34. The van der Waals surface area contributed by atoms with Crippen molar-refractivity contribution >= 4 is 70.2 Å². The molecule has 1 aliphatic rings. The maximum atomic E-state index is 13.0. The second kappa shape index (κ2) is 19.3. The van der Waals surface area contributed by atoms with E-state index in [4.69, 9.17) is 37.4 Å². The predicted octanol–water partition coefficient (Wildman–Crippen LogP) is 10.1. The number of hydrogen-bond donors (Lipinski definition) is 0. The van der Waals surface area contributed by atoms with Crippen LogP contribution in [-0.4, -0.2) is 53.5 Å². The van der Waals surface area contributed by atoms with Gasteiger partial charge in [0.25, 0.3) is 0 Å². The molecule has 1 aromatic heterocycles. The van der Waals surface area contributed by atoms with E-state index in [2.05, 4.69) is 56.7 Å². The molecule has 0 unspecified atom stereocenters. The number of halogens is 4. The van der Waals surface area contributed by atoms with Crippen LogP contribution in [0.1, 0.15) is 27.8 Å². The molecule has 1 amide bonds. The third-order valence-corrected chi connectivity index (χ3v) is 9.89. The zero-order valence-electron chi connectivity index (χ0n) is 28.6. The normalized spacial score (nSPS) is 13.1. The van der Waals surface area contributed by atoms with Crippen LogP contribution in [-0.2, 0) is 24.4 Å². The van der Waals surface area contributed by atoms with Crippen LogP contribution in [0.4, 0.5) is 0 Å². The molecule has 270 valence electrons. The lowest BCUT2D eigenvalue weighted by Gasteiger charge is -2.34. The summed E-state index contributed by atoms with van der Waals surface area (Å²) in [6.45, 7) is 6.77. The Morgan fingerprint density at radius 3 is 2.25 bits per heavy atom. The maximum absolute atomic E-state index is 13.0. The molecule has 0 atom stereocenters. The van der Waals surface area contributed by atoms with E-state index in [1.54, 1.807) is 36.5 Å². The Labute approximate surface area is 335 Å². The van der Waals surface area contributed by atoms with Crippen molar-refractivity contribution in [2.24, 2.45) is 0 Å². The molecule has 7 nitrogen and oxygen atoms in total. The van der Waals surface area contributed by atoms with Crippen LogP contribution in [0.2, 0.25) is 10.0 Å². The lowest BCUT2D eigenvalue weighted by Crippen LogP contribution is -2.47. The SMILES string of the molecule is Cc1cc(C=CC(=O)N2CCN(Cc3ccc(CCOc4ccc(I)cc4)cc3)CC2)cc(Cl)c1Oc1ccc(OCc2ccccc2Cl)cn1.Cl. The fourth-order valence-electron chi connectivity index (χ4n) is 5.66. The summed E-state index contributed by atoms with van der Waals surface area (Å²) in [7, 11) is 0. The van der Waals surface area contributed by atoms with E-state index in [0.717, 1.165) is 48.5 Å². The van der Waals surface area contributed by atoms with Crippen molar-refractivity contribution in [3.05, 3.63) is 151 Å². The molecule has 2 heterocycles. The molecule has 0 radical (unpaired) electrons. The number of carbonyl (C=O) groups is 1. The summed E-state index contributed by atoms with van der Waals surface area (Å²) in [6.07, 6.45) is 5.87. The Morgan fingerprint density at radius 1 is 0.846 bits per heavy atom. The van der Waals surface area contributed by atoms with Crippen LogP contribution in [0, 0.1) is 10.5 Å². The van der Waals surface area contributed by atoms with Crippen molar-refractivity contribution < 1.29 is 19.0 Å². The Balaban J connectivity index is 0.00000523. The quantitative estimate of drug-likeness (QED) is 0.0868. The number of nitrogens with zero attached hydrogens (tertiary/aromatic N) is 3. The molecule has 0 N–H and O–H groups in total. The molecular weight excluding hydrogens is 832 g/mol. The molecule has 11 heteroatoms. The van der Waals surface area contributed by atoms with Gasteiger partial charge in [-0.25, -0.2) is 4.98 Å². The van der Waals surface area contributed by atoms with Gasteiger partial charge in [-0.1, -0.05) is 65.7 Å². The number of rotatable bonds is 13. The molecule has 4 aromatic carbocycles. The van der Waals surface area contributed by atoms with Crippen molar-refractivity contribution in [3.8, 4) is 23.1 Å². The van der Waals surface area contributed by atoms with Crippen molar-refractivity contribution in [1.82, 2.24) is 14.8 Å². The van der Waals surface area contributed by atoms with E-state index in [-0.39, 0.29) is 18.3 Å². The fraction of sp³-hybridized carbons (Fsp3) is 0.220. The molecule has 1 aliphatic heterocycles. The van der Waals surface area contributed by atoms with Crippen LogP contribution in [0.15, 0.2) is 109 Å². The molecule has 1 fully saturated rings. The second-order valence-electron chi connectivity index (χ2n) is 12.3. The van der Waals surface area contributed by atoms with Crippen LogP contribution in [0.25, 0.3) is 6.08 Å². The van der Waals surface area contributed by atoms with Crippen LogP contribution in [0.3, 0.4) is 0 Å². The zero-order chi connectivity index (χ0) is 35.6. The lowest BCUT2D eigenvalue weighted by atomic mass is 10.1. The van der Waals surface area contributed by atoms with Gasteiger partial charge < -0.3 is 19.1 Å². The highest BCUT2D eigenvalue weighted by molar-refractivity contribution is 14.1. The number of benzene rings is 4. The maximum Gasteiger partial charge on any atom is 0.246 e. The average Bonchev–Trinajstić information content (AvgIpc) is 3.14. The molecule has 0 spiro atoms. The molecule has 5 aromatic rings. The number of hydrogen-bond acceptors (Lipinski definition) is 6. The molecule has 0 bridgehead atoms. The summed E-state index contributed by atoms with van der Waals surface area (Å²) in [5.41, 5.74) is 5.06. The molecule has 1 saturated heterocycles. The molecule has 0 aliphatic carbocycles. The number of amides is 1. The zero-order valence-corrected chi connectivity index (χ0v) is 33.1. The van der Waals surface area contributed by atoms with Crippen LogP contribution in [0.5, 0.6) is 23.1 Å². The number of pyridine rings is 1. The Morgan fingerprint density at radius 2 is 1.56 bits per heavy atom. The first-order chi connectivity index (χ1) is 24.8. The summed E-state index contributed by atoms with van der Waals surface area (Å²) in [4.78, 5) is 21.7. The highest BCUT2D eigenvalue weighted by Gasteiger charge is 2.20. The molecule has 6 rings (SSSR count). The number of carbonyl (C=O) groups excluding carboxylic acids is 1. The van der Waals surface area contributed by atoms with Crippen molar-refractivity contribution in [2.75, 3.05) is 32.8 Å². The van der Waals surface area contributed by atoms with Gasteiger partial charge in [0, 0.05) is 65.4 Å². The molecule has 52 heavy (non-hydrogen) atoms. The number of aryl methyl sites for hydroxylation is 1. The summed E-state index contributed by atoms with van der Waals surface area (Å²) in [5, 5.41) is 1.09. The number of ether oxygens (including phenoxy) is 3. The highest BCUT2D eigenvalue weighted by atomic mass is 127. The predicted molar refractivity (Wildman–Crippen MR) is 219 cm³/mol. The van der Waals surface area contributed by atoms with E-state index in [1.165, 1.54) is 14.7 Å². The van der Waals surface area contributed by atoms with Gasteiger partial charge >= 0.3 is 0 Å². The standard InChI is InChI=1S/C41H38Cl2IN3O4.ClH/c1-29-24-32(25-38(43)41(29)51-39-16-15-36(26-45-39)50-28-33-4-2-3-5-37(33)42)10-17-40(48)47-21-19-46(20-22-47)27-31-8-6-30(7-9-31)18-23-49-35-13-11-34(44)12-14-35;/h2-17,24-26H,18-23,27-28H2,1H3;1H. The van der Waals surface area contributed by atoms with E-state index < -0.39 is 0 Å². The smallest absolute Gasteiger partial charge is 0.246 e. The van der Waals surface area contributed by atoms with Gasteiger partial charge in [-0.05, 0) is 106 Å². The minimum Gasteiger partial charge on any atom is -0.493 e. The van der Waals surface area contributed by atoms with Gasteiger partial charge in [0.2, 0.25) is 11.8 Å². The van der Waals surface area contributed by atoms with Crippen molar-refractivity contribution in [3.63, 3.8) is 0 Å². The number of aromatic nitrogens is 1. The first kappa shape index (κ1) is 39.4. The first-order valence-electron chi connectivity index (χ1n) is 16.7. The minimum absolute atomic E-state index is 0. The minimum atomic E-state index is -0.0124. The summed E-state index contributed by atoms with van der Waals surface area (Å²) in [6, 6.07) is 31.6. The summed E-state index contributed by atoms with van der Waals surface area (Å²) >= 11 is 15.1. The van der Waals surface area contributed by atoms with Gasteiger partial charge in [0.05, 0.1) is 17.8 Å². The van der Waals surface area contributed by atoms with Crippen LogP contribution >= 0.6 is 58.2 Å². The lowest BCUT2D eigenvalue weighted by molar-refractivity contribution is -0.127. The van der Waals surface area contributed by atoms with Crippen LogP contribution < -0.4 is 14.2 Å². The Kier molecular flexibility index (Phi) is 14.6. The second-order valence-corrected chi connectivity index (χ2v) is 14.3. The Bertz CT molecular complexity index is 1930. The van der Waals surface area contributed by atoms with Gasteiger partial charge in [-0.2, -0.15) is 0 Å². The fourth-order valence-corrected chi connectivity index (χ4v) is 6.53. The van der Waals surface area contributed by atoms with Gasteiger partial charge in [0.15, 0.2) is 5.75 Å². The summed E-state index contributed by atoms with van der Waals surface area (Å²) < 4.78 is 18.9. The third kappa shape index (κ3) is 11.3. The third-order valence-electron chi connectivity index (χ3n) is 8.52. The number of piperazine rings is 1. The van der Waals surface area contributed by atoms with Gasteiger partial charge in [-0.15, -0.1) is 12.4 Å². The molecule has 0 saturated carbocycles. The molecular formula is C41H39Cl3IN3O4. The Hall–Kier alpha value is -3.80. The largest absolute Gasteiger partial charge is 0.493 e. The topological polar surface area (TPSA) is 64.1 Å². The van der Waals surface area contributed by atoms with Crippen molar-refractivity contribution in [2.45, 2.75) is 26.5 Å².